The Morgan fingerprint density at radius 2 is 2.14 bits per heavy atom. The molecule has 1 aliphatic rings. The minimum Gasteiger partial charge on any atom is -0.342 e. The maximum Gasteiger partial charge on any atom is 0.227 e. The number of carbonyl (C=O) groups is 1. The normalized spacial score (nSPS) is 16.4. The van der Waals surface area contributed by atoms with Crippen molar-refractivity contribution < 1.29 is 4.79 Å². The highest BCUT2D eigenvalue weighted by molar-refractivity contribution is 7.11. The number of hydrogen-bond acceptors (Lipinski definition) is 4. The van der Waals surface area contributed by atoms with Crippen LogP contribution in [0.15, 0.2) is 17.5 Å². The highest BCUT2D eigenvalue weighted by Crippen LogP contribution is 2.32. The van der Waals surface area contributed by atoms with Crippen LogP contribution in [-0.4, -0.2) is 28.9 Å². The molecule has 2 aromatic rings. The molecule has 0 unspecified atom stereocenters. The minimum absolute atomic E-state index is 0.266. The third-order valence-corrected chi connectivity index (χ3v) is 6.26. The van der Waals surface area contributed by atoms with Gasteiger partial charge in [-0.3, -0.25) is 4.79 Å². The molecule has 3 rings (SSSR count). The Morgan fingerprint density at radius 3 is 2.71 bits per heavy atom. The van der Waals surface area contributed by atoms with E-state index in [2.05, 4.69) is 18.8 Å². The van der Waals surface area contributed by atoms with Crippen molar-refractivity contribution >= 4 is 28.6 Å². The Kier molecular flexibility index (Phi) is 4.40. The average Bonchev–Trinajstić information content (AvgIpc) is 3.10. The second kappa shape index (κ2) is 6.28. The molecule has 0 bridgehead atoms. The van der Waals surface area contributed by atoms with Crippen LogP contribution in [0, 0.1) is 13.8 Å². The fourth-order valence-electron chi connectivity index (χ4n) is 2.72. The van der Waals surface area contributed by atoms with E-state index in [1.54, 1.807) is 11.3 Å². The van der Waals surface area contributed by atoms with Crippen molar-refractivity contribution in [1.82, 2.24) is 9.88 Å². The second-order valence-electron chi connectivity index (χ2n) is 5.60. The predicted molar refractivity (Wildman–Crippen MR) is 88.2 cm³/mol. The van der Waals surface area contributed by atoms with Crippen LogP contribution in [0.4, 0.5) is 0 Å². The van der Waals surface area contributed by atoms with Gasteiger partial charge < -0.3 is 4.90 Å². The van der Waals surface area contributed by atoms with Crippen molar-refractivity contribution in [2.24, 2.45) is 0 Å². The van der Waals surface area contributed by atoms with Crippen molar-refractivity contribution in [2.75, 3.05) is 13.1 Å². The Morgan fingerprint density at radius 1 is 1.38 bits per heavy atom. The maximum absolute atomic E-state index is 12.3. The number of piperidine rings is 1. The van der Waals surface area contributed by atoms with Crippen LogP contribution in [0.25, 0.3) is 0 Å². The Bertz CT molecular complexity index is 591. The first-order chi connectivity index (χ1) is 10.1. The molecular weight excluding hydrogens is 300 g/mol. The van der Waals surface area contributed by atoms with E-state index in [1.807, 2.05) is 33.7 Å². The van der Waals surface area contributed by atoms with Gasteiger partial charge in [-0.2, -0.15) is 0 Å². The lowest BCUT2D eigenvalue weighted by atomic mass is 9.97. The second-order valence-corrected chi connectivity index (χ2v) is 7.87. The van der Waals surface area contributed by atoms with E-state index in [-0.39, 0.29) is 5.91 Å². The lowest BCUT2D eigenvalue weighted by molar-refractivity contribution is -0.131. The van der Waals surface area contributed by atoms with Crippen molar-refractivity contribution in [3.63, 3.8) is 0 Å². The molecule has 2 aromatic heterocycles. The molecule has 1 amide bonds. The van der Waals surface area contributed by atoms with Crippen LogP contribution in [-0.2, 0) is 11.2 Å². The van der Waals surface area contributed by atoms with E-state index in [9.17, 15) is 4.79 Å². The van der Waals surface area contributed by atoms with Crippen LogP contribution in [0.2, 0.25) is 0 Å². The van der Waals surface area contributed by atoms with Crippen LogP contribution in [0.1, 0.15) is 39.2 Å². The van der Waals surface area contributed by atoms with Gasteiger partial charge in [0.15, 0.2) is 0 Å². The summed E-state index contributed by atoms with van der Waals surface area (Å²) in [4.78, 5) is 21.5. The third-order valence-electron chi connectivity index (χ3n) is 4.15. The van der Waals surface area contributed by atoms with E-state index in [1.165, 1.54) is 9.88 Å². The van der Waals surface area contributed by atoms with Gasteiger partial charge in [-0.15, -0.1) is 22.7 Å². The molecule has 5 heteroatoms. The molecule has 0 spiro atoms. The van der Waals surface area contributed by atoms with E-state index in [4.69, 9.17) is 0 Å². The smallest absolute Gasteiger partial charge is 0.227 e. The quantitative estimate of drug-likeness (QED) is 0.862. The number of likely N-dealkylation sites (tertiary alicyclic amines) is 1. The molecule has 0 N–H and O–H groups in total. The number of aryl methyl sites for hydroxylation is 2. The van der Waals surface area contributed by atoms with E-state index < -0.39 is 0 Å². The molecule has 1 fully saturated rings. The van der Waals surface area contributed by atoms with Crippen LogP contribution in [0.5, 0.6) is 0 Å². The number of aromatic nitrogens is 1. The molecule has 1 saturated heterocycles. The summed E-state index contributed by atoms with van der Waals surface area (Å²) in [6.07, 6.45) is 2.64. The van der Waals surface area contributed by atoms with Gasteiger partial charge in [0.2, 0.25) is 5.91 Å². The number of nitrogens with zero attached hydrogens (tertiary/aromatic N) is 2. The Balaban J connectivity index is 1.56. The van der Waals surface area contributed by atoms with Crippen molar-refractivity contribution in [3.05, 3.63) is 38.0 Å². The molecule has 112 valence electrons. The zero-order chi connectivity index (χ0) is 14.8. The summed E-state index contributed by atoms with van der Waals surface area (Å²) in [5, 5.41) is 3.29. The number of carbonyl (C=O) groups excluding carboxylic acids is 1. The Labute approximate surface area is 133 Å². The van der Waals surface area contributed by atoms with E-state index in [0.717, 1.165) is 36.5 Å². The third kappa shape index (κ3) is 3.35. The highest BCUT2D eigenvalue weighted by Gasteiger charge is 2.26. The number of rotatable bonds is 3. The van der Waals surface area contributed by atoms with Gasteiger partial charge in [0.1, 0.15) is 0 Å². The molecule has 0 saturated carbocycles. The fourth-order valence-corrected chi connectivity index (χ4v) is 4.51. The van der Waals surface area contributed by atoms with Crippen LogP contribution < -0.4 is 0 Å². The summed E-state index contributed by atoms with van der Waals surface area (Å²) in [6, 6.07) is 4.04. The van der Waals surface area contributed by atoms with Gasteiger partial charge in [0, 0.05) is 28.8 Å². The SMILES string of the molecule is Cc1nc(C2CCN(C(=O)Cc3cccs3)CC2)sc1C. The van der Waals surface area contributed by atoms with Crippen molar-refractivity contribution in [1.29, 1.82) is 0 Å². The summed E-state index contributed by atoms with van der Waals surface area (Å²) >= 11 is 3.48. The molecule has 1 aliphatic heterocycles. The monoisotopic (exact) mass is 320 g/mol. The highest BCUT2D eigenvalue weighted by atomic mass is 32.1. The molecular formula is C16H20N2OS2. The number of amides is 1. The molecule has 0 atom stereocenters. The lowest BCUT2D eigenvalue weighted by Crippen LogP contribution is -2.38. The van der Waals surface area contributed by atoms with E-state index >= 15 is 0 Å². The van der Waals surface area contributed by atoms with Crippen molar-refractivity contribution in [3.8, 4) is 0 Å². The number of thiophene rings is 1. The largest absolute Gasteiger partial charge is 0.342 e. The van der Waals surface area contributed by atoms with E-state index in [0.29, 0.717) is 12.3 Å². The molecule has 0 aromatic carbocycles. The van der Waals surface area contributed by atoms with Gasteiger partial charge in [-0.25, -0.2) is 4.98 Å². The molecule has 3 heterocycles. The Hall–Kier alpha value is -1.20. The standard InChI is InChI=1S/C16H20N2OS2/c1-11-12(2)21-16(17-11)13-5-7-18(8-6-13)15(19)10-14-4-3-9-20-14/h3-4,9,13H,5-8,10H2,1-2H3. The summed E-state index contributed by atoms with van der Waals surface area (Å²) < 4.78 is 0. The zero-order valence-electron chi connectivity index (χ0n) is 12.5. The first kappa shape index (κ1) is 14.7. The van der Waals surface area contributed by atoms with Gasteiger partial charge >= 0.3 is 0 Å². The zero-order valence-corrected chi connectivity index (χ0v) is 14.1. The predicted octanol–water partition coefficient (Wildman–Crippen LogP) is 3.77. The first-order valence-corrected chi connectivity index (χ1v) is 9.07. The number of hydrogen-bond donors (Lipinski definition) is 0. The van der Waals surface area contributed by atoms with Gasteiger partial charge in [0.05, 0.1) is 17.1 Å². The van der Waals surface area contributed by atoms with Crippen LogP contribution >= 0.6 is 22.7 Å². The van der Waals surface area contributed by atoms with Crippen LogP contribution in [0.3, 0.4) is 0 Å². The molecule has 0 radical (unpaired) electrons. The van der Waals surface area contributed by atoms with Gasteiger partial charge in [-0.05, 0) is 38.1 Å². The number of thiazole rings is 1. The van der Waals surface area contributed by atoms with Crippen molar-refractivity contribution in [2.45, 2.75) is 39.0 Å². The molecule has 3 nitrogen and oxygen atoms in total. The minimum atomic E-state index is 0.266. The first-order valence-electron chi connectivity index (χ1n) is 7.37. The topological polar surface area (TPSA) is 33.2 Å². The summed E-state index contributed by atoms with van der Waals surface area (Å²) in [5.41, 5.74) is 1.16. The molecule has 21 heavy (non-hydrogen) atoms. The summed E-state index contributed by atoms with van der Waals surface area (Å²) in [6.45, 7) is 5.95. The average molecular weight is 320 g/mol. The lowest BCUT2D eigenvalue weighted by Gasteiger charge is -2.31. The molecule has 0 aliphatic carbocycles. The fraction of sp³-hybridized carbons (Fsp3) is 0.500. The van der Waals surface area contributed by atoms with Gasteiger partial charge in [-0.1, -0.05) is 6.07 Å². The maximum atomic E-state index is 12.3. The summed E-state index contributed by atoms with van der Waals surface area (Å²) in [7, 11) is 0. The summed E-state index contributed by atoms with van der Waals surface area (Å²) in [5.74, 6) is 0.801. The van der Waals surface area contributed by atoms with Gasteiger partial charge in [0.25, 0.3) is 0 Å².